The number of benzene rings is 2. The average Bonchev–Trinajstić information content (AvgIpc) is 2.57. The summed E-state index contributed by atoms with van der Waals surface area (Å²) in [5.74, 6) is -0.244. The van der Waals surface area contributed by atoms with E-state index in [1.54, 1.807) is 24.3 Å². The van der Waals surface area contributed by atoms with Crippen LogP contribution in [0.2, 0.25) is 5.02 Å². The van der Waals surface area contributed by atoms with Gasteiger partial charge in [-0.05, 0) is 43.7 Å². The zero-order chi connectivity index (χ0) is 18.2. The number of halogens is 1. The number of carbonyl (C=O) groups is 2. The lowest BCUT2D eigenvalue weighted by Crippen LogP contribution is -2.31. The van der Waals surface area contributed by atoms with Crippen LogP contribution in [0.4, 0.5) is 0 Å². The first-order chi connectivity index (χ1) is 12.0. The molecular weight excluding hydrogens is 358 g/mol. The Kier molecular flexibility index (Phi) is 7.34. The topological polar surface area (TPSA) is 55.4 Å². The monoisotopic (exact) mass is 377 g/mol. The van der Waals surface area contributed by atoms with Gasteiger partial charge in [-0.3, -0.25) is 4.79 Å². The van der Waals surface area contributed by atoms with Crippen molar-refractivity contribution in [3.63, 3.8) is 0 Å². The number of carbonyl (C=O) groups excluding carboxylic acids is 2. The molecule has 0 aliphatic carbocycles. The van der Waals surface area contributed by atoms with Crippen molar-refractivity contribution >= 4 is 35.2 Å². The molecule has 2 rings (SSSR count). The van der Waals surface area contributed by atoms with Gasteiger partial charge in [0.1, 0.15) is 6.61 Å². The molecule has 132 valence electrons. The third-order valence-corrected chi connectivity index (χ3v) is 4.48. The summed E-state index contributed by atoms with van der Waals surface area (Å²) < 4.78 is 5.37. The summed E-state index contributed by atoms with van der Waals surface area (Å²) in [4.78, 5) is 24.9. The Morgan fingerprint density at radius 3 is 2.64 bits per heavy atom. The zero-order valence-electron chi connectivity index (χ0n) is 14.1. The fourth-order valence-electron chi connectivity index (χ4n) is 2.12. The minimum absolute atomic E-state index is 0.0675. The lowest BCUT2D eigenvalue weighted by Gasteiger charge is -2.11. The molecule has 0 saturated heterocycles. The van der Waals surface area contributed by atoms with Crippen LogP contribution in [0, 0.1) is 0 Å². The molecule has 0 radical (unpaired) electrons. The van der Waals surface area contributed by atoms with E-state index in [1.165, 1.54) is 11.8 Å². The van der Waals surface area contributed by atoms with Gasteiger partial charge in [-0.25, -0.2) is 4.79 Å². The fraction of sp³-hybridized carbons (Fsp3) is 0.263. The Hall–Kier alpha value is -1.98. The summed E-state index contributed by atoms with van der Waals surface area (Å²) in [6.45, 7) is 3.96. The fourth-order valence-corrected chi connectivity index (χ4v) is 3.19. The summed E-state index contributed by atoms with van der Waals surface area (Å²) in [5, 5.41) is 3.42. The summed E-state index contributed by atoms with van der Waals surface area (Å²) in [7, 11) is 0. The Balaban J connectivity index is 1.98. The lowest BCUT2D eigenvalue weighted by atomic mass is 10.2. The van der Waals surface area contributed by atoms with E-state index >= 15 is 0 Å². The van der Waals surface area contributed by atoms with Crippen molar-refractivity contribution in [2.75, 3.05) is 5.75 Å². The van der Waals surface area contributed by atoms with E-state index in [0.29, 0.717) is 10.6 Å². The minimum Gasteiger partial charge on any atom is -0.457 e. The van der Waals surface area contributed by atoms with E-state index in [1.807, 2.05) is 38.1 Å². The van der Waals surface area contributed by atoms with Crippen molar-refractivity contribution in [3.8, 4) is 0 Å². The highest BCUT2D eigenvalue weighted by Gasteiger charge is 2.14. The van der Waals surface area contributed by atoms with Crippen LogP contribution in [0.1, 0.15) is 29.8 Å². The van der Waals surface area contributed by atoms with E-state index in [2.05, 4.69) is 5.32 Å². The van der Waals surface area contributed by atoms with Crippen molar-refractivity contribution in [2.24, 2.45) is 0 Å². The SMILES string of the molecule is CC(C)NC(=O)CSc1ccccc1C(=O)OCc1cccc(Cl)c1. The van der Waals surface area contributed by atoms with Gasteiger partial charge in [-0.2, -0.15) is 0 Å². The third-order valence-electron chi connectivity index (χ3n) is 3.17. The summed E-state index contributed by atoms with van der Waals surface area (Å²) >= 11 is 7.24. The van der Waals surface area contributed by atoms with Gasteiger partial charge in [0.05, 0.1) is 11.3 Å². The van der Waals surface area contributed by atoms with Crippen LogP contribution < -0.4 is 5.32 Å². The molecule has 0 aliphatic rings. The maximum atomic E-state index is 12.4. The molecule has 0 bridgehead atoms. The molecule has 2 aromatic carbocycles. The van der Waals surface area contributed by atoms with Gasteiger partial charge in [0, 0.05) is 16.0 Å². The Labute approximate surface area is 156 Å². The Bertz CT molecular complexity index is 749. The van der Waals surface area contributed by atoms with E-state index in [0.717, 1.165) is 10.5 Å². The van der Waals surface area contributed by atoms with Gasteiger partial charge in [-0.1, -0.05) is 35.9 Å². The molecule has 0 unspecified atom stereocenters. The van der Waals surface area contributed by atoms with Crippen molar-refractivity contribution in [3.05, 3.63) is 64.7 Å². The molecule has 2 aromatic rings. The predicted molar refractivity (Wildman–Crippen MR) is 101 cm³/mol. The Morgan fingerprint density at radius 2 is 1.92 bits per heavy atom. The van der Waals surface area contributed by atoms with Crippen molar-refractivity contribution in [1.82, 2.24) is 5.32 Å². The molecule has 0 spiro atoms. The second-order valence-corrected chi connectivity index (χ2v) is 7.17. The number of hydrogen-bond acceptors (Lipinski definition) is 4. The highest BCUT2D eigenvalue weighted by molar-refractivity contribution is 8.00. The van der Waals surface area contributed by atoms with Gasteiger partial charge >= 0.3 is 5.97 Å². The Morgan fingerprint density at radius 1 is 1.16 bits per heavy atom. The van der Waals surface area contributed by atoms with E-state index in [-0.39, 0.29) is 24.3 Å². The van der Waals surface area contributed by atoms with Crippen LogP contribution in [-0.4, -0.2) is 23.7 Å². The molecule has 4 nitrogen and oxygen atoms in total. The number of amides is 1. The van der Waals surface area contributed by atoms with Gasteiger partial charge in [0.15, 0.2) is 0 Å². The molecule has 0 fully saturated rings. The van der Waals surface area contributed by atoms with Crippen molar-refractivity contribution < 1.29 is 14.3 Å². The van der Waals surface area contributed by atoms with E-state index in [9.17, 15) is 9.59 Å². The molecule has 6 heteroatoms. The maximum Gasteiger partial charge on any atom is 0.339 e. The molecule has 0 aromatic heterocycles. The second-order valence-electron chi connectivity index (χ2n) is 5.71. The quantitative estimate of drug-likeness (QED) is 0.577. The highest BCUT2D eigenvalue weighted by atomic mass is 35.5. The average molecular weight is 378 g/mol. The van der Waals surface area contributed by atoms with Gasteiger partial charge in [0.2, 0.25) is 5.91 Å². The molecule has 1 N–H and O–H groups in total. The molecule has 0 aliphatic heterocycles. The van der Waals surface area contributed by atoms with E-state index < -0.39 is 5.97 Å². The first kappa shape index (κ1) is 19.3. The minimum atomic E-state index is -0.424. The van der Waals surface area contributed by atoms with Gasteiger partial charge < -0.3 is 10.1 Å². The van der Waals surface area contributed by atoms with Crippen LogP contribution in [0.3, 0.4) is 0 Å². The number of nitrogens with one attached hydrogen (secondary N) is 1. The number of thioether (sulfide) groups is 1. The number of ether oxygens (including phenoxy) is 1. The summed E-state index contributed by atoms with van der Waals surface area (Å²) in [6, 6.07) is 14.4. The van der Waals surface area contributed by atoms with Crippen molar-refractivity contribution in [1.29, 1.82) is 0 Å². The van der Waals surface area contributed by atoms with Crippen LogP contribution >= 0.6 is 23.4 Å². The lowest BCUT2D eigenvalue weighted by molar-refractivity contribution is -0.119. The van der Waals surface area contributed by atoms with Crippen molar-refractivity contribution in [2.45, 2.75) is 31.4 Å². The molecule has 0 atom stereocenters. The standard InChI is InChI=1S/C19H20ClNO3S/c1-13(2)21-18(22)12-25-17-9-4-3-8-16(17)19(23)24-11-14-6-5-7-15(20)10-14/h3-10,13H,11-12H2,1-2H3,(H,21,22). The molecule has 0 heterocycles. The number of rotatable bonds is 7. The smallest absolute Gasteiger partial charge is 0.339 e. The van der Waals surface area contributed by atoms with Gasteiger partial charge in [-0.15, -0.1) is 11.8 Å². The number of hydrogen-bond donors (Lipinski definition) is 1. The zero-order valence-corrected chi connectivity index (χ0v) is 15.7. The second kappa shape index (κ2) is 9.49. The molecular formula is C19H20ClNO3S. The van der Waals surface area contributed by atoms with Crippen LogP contribution in [-0.2, 0) is 16.1 Å². The first-order valence-corrected chi connectivity index (χ1v) is 9.25. The van der Waals surface area contributed by atoms with Crippen LogP contribution in [0.5, 0.6) is 0 Å². The maximum absolute atomic E-state index is 12.4. The predicted octanol–water partition coefficient (Wildman–Crippen LogP) is 4.31. The largest absolute Gasteiger partial charge is 0.457 e. The molecule has 0 saturated carbocycles. The number of esters is 1. The summed E-state index contributed by atoms with van der Waals surface area (Å²) in [6.07, 6.45) is 0. The highest BCUT2D eigenvalue weighted by Crippen LogP contribution is 2.23. The van der Waals surface area contributed by atoms with Crippen LogP contribution in [0.25, 0.3) is 0 Å². The van der Waals surface area contributed by atoms with Crippen LogP contribution in [0.15, 0.2) is 53.4 Å². The molecule has 25 heavy (non-hydrogen) atoms. The molecule has 1 amide bonds. The summed E-state index contributed by atoms with van der Waals surface area (Å²) in [5.41, 5.74) is 1.27. The van der Waals surface area contributed by atoms with E-state index in [4.69, 9.17) is 16.3 Å². The third kappa shape index (κ3) is 6.44. The van der Waals surface area contributed by atoms with Gasteiger partial charge in [0.25, 0.3) is 0 Å². The normalized spacial score (nSPS) is 10.6. The first-order valence-electron chi connectivity index (χ1n) is 7.88.